The van der Waals surface area contributed by atoms with E-state index in [9.17, 15) is 0 Å². The second-order valence-corrected chi connectivity index (χ2v) is 14.2. The molecule has 0 aromatic heterocycles. The minimum absolute atomic E-state index is 0.0925. The first-order valence-electron chi connectivity index (χ1n) is 18.0. The lowest BCUT2D eigenvalue weighted by Crippen LogP contribution is -2.58. The molecule has 7 aliphatic rings. The summed E-state index contributed by atoms with van der Waals surface area (Å²) < 4.78 is 0. The van der Waals surface area contributed by atoms with E-state index in [0.29, 0.717) is 29.7 Å². The van der Waals surface area contributed by atoms with Crippen molar-refractivity contribution in [3.63, 3.8) is 0 Å². The van der Waals surface area contributed by atoms with Gasteiger partial charge in [0.05, 0.1) is 6.17 Å². The fourth-order valence-corrected chi connectivity index (χ4v) is 8.92. The van der Waals surface area contributed by atoms with Gasteiger partial charge in [0, 0.05) is 41.0 Å². The minimum atomic E-state index is -0.0998. The van der Waals surface area contributed by atoms with E-state index in [1.165, 1.54) is 33.5 Å². The lowest BCUT2D eigenvalue weighted by molar-refractivity contribution is 0.336. The van der Waals surface area contributed by atoms with Gasteiger partial charge in [-0.25, -0.2) is 4.99 Å². The average Bonchev–Trinajstić information content (AvgIpc) is 3.17. The Morgan fingerprint density at radius 1 is 0.750 bits per heavy atom. The number of hydrogen-bond acceptors (Lipinski definition) is 4. The number of aliphatic imine (C=N–C) groups is 1. The summed E-state index contributed by atoms with van der Waals surface area (Å²) in [7, 11) is 0. The van der Waals surface area contributed by atoms with Gasteiger partial charge >= 0.3 is 0 Å². The molecule has 4 heteroatoms. The molecule has 48 heavy (non-hydrogen) atoms. The zero-order valence-corrected chi connectivity index (χ0v) is 27.4. The van der Waals surface area contributed by atoms with E-state index in [1.807, 2.05) is 0 Å². The van der Waals surface area contributed by atoms with E-state index in [0.717, 1.165) is 49.9 Å². The van der Waals surface area contributed by atoms with Gasteiger partial charge in [0.2, 0.25) is 0 Å². The number of fused-ring (bicyclic) bond motifs is 3. The van der Waals surface area contributed by atoms with E-state index < -0.39 is 0 Å². The first-order chi connectivity index (χ1) is 23.8. The molecule has 0 saturated heterocycles. The van der Waals surface area contributed by atoms with Crippen LogP contribution in [0, 0.1) is 17.8 Å². The van der Waals surface area contributed by atoms with Crippen molar-refractivity contribution in [1.82, 2.24) is 16.0 Å². The van der Waals surface area contributed by atoms with Crippen LogP contribution in [0.15, 0.2) is 160 Å². The molecule has 0 bridgehead atoms. The van der Waals surface area contributed by atoms with Gasteiger partial charge in [-0.3, -0.25) is 5.32 Å². The van der Waals surface area contributed by atoms with Crippen LogP contribution in [-0.4, -0.2) is 24.2 Å². The number of benzene rings is 2. The molecular formula is C44H44N4. The molecule has 9 rings (SSSR count). The van der Waals surface area contributed by atoms with Gasteiger partial charge in [-0.2, -0.15) is 0 Å². The Labute approximate surface area is 284 Å². The van der Waals surface area contributed by atoms with Crippen molar-refractivity contribution in [2.24, 2.45) is 22.7 Å². The molecule has 2 aromatic rings. The Morgan fingerprint density at radius 2 is 1.60 bits per heavy atom. The van der Waals surface area contributed by atoms with E-state index >= 15 is 0 Å². The Balaban J connectivity index is 1.12. The first-order valence-corrected chi connectivity index (χ1v) is 18.0. The van der Waals surface area contributed by atoms with Crippen LogP contribution in [0.2, 0.25) is 0 Å². The first kappa shape index (κ1) is 29.5. The van der Waals surface area contributed by atoms with Crippen LogP contribution in [0.4, 0.5) is 0 Å². The van der Waals surface area contributed by atoms with Gasteiger partial charge in [0.1, 0.15) is 12.0 Å². The third kappa shape index (κ3) is 5.52. The predicted molar refractivity (Wildman–Crippen MR) is 198 cm³/mol. The molecule has 4 nitrogen and oxygen atoms in total. The summed E-state index contributed by atoms with van der Waals surface area (Å²) in [6.07, 6.45) is 36.9. The van der Waals surface area contributed by atoms with Crippen LogP contribution < -0.4 is 16.0 Å². The zero-order chi connectivity index (χ0) is 31.9. The van der Waals surface area contributed by atoms with Crippen molar-refractivity contribution < 1.29 is 0 Å². The average molecular weight is 629 g/mol. The number of allylic oxidation sites excluding steroid dienone is 14. The normalized spacial score (nSPS) is 31.7. The summed E-state index contributed by atoms with van der Waals surface area (Å²) in [5.41, 5.74) is 11.3. The fraction of sp³-hybridized carbons (Fsp3) is 0.295. The Kier molecular flexibility index (Phi) is 7.82. The maximum Gasteiger partial charge on any atom is 0.131 e. The molecule has 0 spiro atoms. The summed E-state index contributed by atoms with van der Waals surface area (Å²) in [6.45, 7) is 0. The van der Waals surface area contributed by atoms with Crippen LogP contribution >= 0.6 is 0 Å². The van der Waals surface area contributed by atoms with Crippen LogP contribution in [0.3, 0.4) is 0 Å². The summed E-state index contributed by atoms with van der Waals surface area (Å²) in [5, 5.41) is 11.8. The van der Waals surface area contributed by atoms with Crippen LogP contribution in [-0.2, 0) is 0 Å². The molecule has 7 unspecified atom stereocenters. The Morgan fingerprint density at radius 3 is 2.50 bits per heavy atom. The van der Waals surface area contributed by atoms with Gasteiger partial charge in [-0.15, -0.1) is 0 Å². The SMILES string of the molecule is C1=CCC(C2NC(c3ccccc3)=NC(C3=CC=C(C4CCC5=C(CCC=C5)N4)C(C4=Cc5ccccc5C5C=CC=CC45)C3)N2)C=C1. The lowest BCUT2D eigenvalue weighted by Gasteiger charge is -2.43. The monoisotopic (exact) mass is 628 g/mol. The highest BCUT2D eigenvalue weighted by Crippen LogP contribution is 2.49. The Hall–Kier alpha value is -4.67. The smallest absolute Gasteiger partial charge is 0.131 e. The minimum Gasteiger partial charge on any atom is -0.382 e. The number of rotatable bonds is 5. The molecule has 2 aliphatic heterocycles. The van der Waals surface area contributed by atoms with Crippen molar-refractivity contribution in [3.8, 4) is 0 Å². The highest BCUT2D eigenvalue weighted by Gasteiger charge is 2.40. The third-order valence-corrected chi connectivity index (χ3v) is 11.4. The highest BCUT2D eigenvalue weighted by atomic mass is 15.3. The van der Waals surface area contributed by atoms with Gasteiger partial charge in [-0.1, -0.05) is 139 Å². The third-order valence-electron chi connectivity index (χ3n) is 11.4. The molecular weight excluding hydrogens is 585 g/mol. The van der Waals surface area contributed by atoms with Gasteiger partial charge < -0.3 is 10.6 Å². The van der Waals surface area contributed by atoms with E-state index in [-0.39, 0.29) is 12.3 Å². The number of nitrogens with zero attached hydrogens (tertiary/aromatic N) is 1. The van der Waals surface area contributed by atoms with E-state index in [2.05, 4.69) is 150 Å². The van der Waals surface area contributed by atoms with E-state index in [4.69, 9.17) is 4.99 Å². The molecule has 0 amide bonds. The molecule has 5 aliphatic carbocycles. The van der Waals surface area contributed by atoms with E-state index in [1.54, 1.807) is 5.57 Å². The summed E-state index contributed by atoms with van der Waals surface area (Å²) in [6, 6.07) is 20.0. The molecule has 0 radical (unpaired) electrons. The van der Waals surface area contributed by atoms with Crippen LogP contribution in [0.1, 0.15) is 61.1 Å². The summed E-state index contributed by atoms with van der Waals surface area (Å²) in [5.74, 6) is 2.35. The van der Waals surface area contributed by atoms with Crippen LogP contribution in [0.25, 0.3) is 6.08 Å². The standard InChI is InChI=1S/C44H44N4/c1-3-14-30(15-4-1)42-46-43(31-16-5-2-6-17-31)48-44(47-42)33-23-25-37(41-26-24-29-13-8-12-22-40(29)45-41)39(28-33)38-27-32-18-7-9-19-34(32)35-20-10-11-21-36(35)38/h1-11,13-16,18-21,23,25,27,31,35-36,39,41,43-45,48H,12,17,22,24,26,28H2,(H,46,47). The Bertz CT molecular complexity index is 1890. The lowest BCUT2D eigenvalue weighted by atomic mass is 9.65. The molecule has 240 valence electrons. The van der Waals surface area contributed by atoms with Crippen molar-refractivity contribution >= 4 is 11.9 Å². The second-order valence-electron chi connectivity index (χ2n) is 14.2. The quantitative estimate of drug-likeness (QED) is 0.311. The van der Waals surface area contributed by atoms with Gasteiger partial charge in [-0.05, 0) is 66.4 Å². The predicted octanol–water partition coefficient (Wildman–Crippen LogP) is 8.56. The molecule has 0 saturated carbocycles. The van der Waals surface area contributed by atoms with Crippen molar-refractivity contribution in [1.29, 1.82) is 0 Å². The molecule has 0 fully saturated rings. The number of hydrogen-bond donors (Lipinski definition) is 3. The van der Waals surface area contributed by atoms with Crippen molar-refractivity contribution in [3.05, 3.63) is 172 Å². The maximum atomic E-state index is 5.39. The van der Waals surface area contributed by atoms with Crippen molar-refractivity contribution in [2.45, 2.75) is 62.8 Å². The van der Waals surface area contributed by atoms with Crippen molar-refractivity contribution in [2.75, 3.05) is 0 Å². The second kappa shape index (κ2) is 12.7. The topological polar surface area (TPSA) is 48.5 Å². The van der Waals surface area contributed by atoms with Gasteiger partial charge in [0.25, 0.3) is 0 Å². The molecule has 3 N–H and O–H groups in total. The van der Waals surface area contributed by atoms with Gasteiger partial charge in [0.15, 0.2) is 0 Å². The summed E-state index contributed by atoms with van der Waals surface area (Å²) in [4.78, 5) is 5.39. The number of amidine groups is 1. The zero-order valence-electron chi connectivity index (χ0n) is 27.4. The maximum absolute atomic E-state index is 5.39. The molecule has 2 aromatic carbocycles. The fourth-order valence-electron chi connectivity index (χ4n) is 8.92. The van der Waals surface area contributed by atoms with Crippen LogP contribution in [0.5, 0.6) is 0 Å². The highest BCUT2D eigenvalue weighted by molar-refractivity contribution is 5.99. The largest absolute Gasteiger partial charge is 0.382 e. The molecule has 2 heterocycles. The summed E-state index contributed by atoms with van der Waals surface area (Å²) >= 11 is 0. The number of nitrogens with one attached hydrogen (secondary N) is 3. The molecule has 7 atom stereocenters.